The first-order valence-corrected chi connectivity index (χ1v) is 12.4. The highest BCUT2D eigenvalue weighted by Gasteiger charge is 2.34. The van der Waals surface area contributed by atoms with Gasteiger partial charge in [-0.25, -0.2) is 9.59 Å². The van der Waals surface area contributed by atoms with Crippen molar-refractivity contribution in [1.82, 2.24) is 10.9 Å². The van der Waals surface area contributed by atoms with Crippen LogP contribution in [0.4, 0.5) is 0 Å². The maximum absolute atomic E-state index is 13.0. The molecule has 0 heterocycles. The van der Waals surface area contributed by atoms with Crippen molar-refractivity contribution in [2.45, 2.75) is 46.1 Å². The van der Waals surface area contributed by atoms with Gasteiger partial charge < -0.3 is 9.47 Å². The predicted octanol–water partition coefficient (Wildman–Crippen LogP) is 4.58. The smallest absolute Gasteiger partial charge is 0.339 e. The molecule has 2 aromatic rings. The highest BCUT2D eigenvalue weighted by molar-refractivity contribution is 6.33. The summed E-state index contributed by atoms with van der Waals surface area (Å²) in [6.07, 6.45) is 2.64. The zero-order chi connectivity index (χ0) is 26.2. The largest absolute Gasteiger partial charge is 0.458 e. The number of halogens is 1. The third-order valence-corrected chi connectivity index (χ3v) is 6.68. The van der Waals surface area contributed by atoms with Crippen molar-refractivity contribution in [3.63, 3.8) is 0 Å². The Hall–Kier alpha value is -3.39. The fraction of sp³-hybridized carbons (Fsp3) is 0.407. The minimum absolute atomic E-state index is 0.000331. The molecular formula is C27H31ClN2O6. The van der Waals surface area contributed by atoms with E-state index in [9.17, 15) is 19.2 Å². The standard InChI is InChI=1S/C27H31ClN2O6/c1-16(2)18-13-12-17(3)14-23(18)36-27(34)20-9-5-4-8-19(20)26(33)35-15-24(31)29-30-25(32)21-10-6-7-11-22(21)28/h4-11,16-18,23H,12-15H2,1-3H3,(H,29,31)(H,30,32)/t17-,18-,23-/m1/s1. The summed E-state index contributed by atoms with van der Waals surface area (Å²) in [5.41, 5.74) is 4.62. The number of carbonyl (C=O) groups excluding carboxylic acids is 4. The Labute approximate surface area is 215 Å². The lowest BCUT2D eigenvalue weighted by Crippen LogP contribution is -2.43. The van der Waals surface area contributed by atoms with E-state index in [2.05, 4.69) is 31.6 Å². The Bertz CT molecular complexity index is 1120. The number of carbonyl (C=O) groups is 4. The molecule has 0 aromatic heterocycles. The van der Waals surface area contributed by atoms with Crippen LogP contribution in [0.2, 0.25) is 5.02 Å². The maximum atomic E-state index is 13.0. The average molecular weight is 515 g/mol. The van der Waals surface area contributed by atoms with E-state index in [1.54, 1.807) is 30.3 Å². The van der Waals surface area contributed by atoms with E-state index in [1.807, 2.05) is 0 Å². The van der Waals surface area contributed by atoms with E-state index >= 15 is 0 Å². The first kappa shape index (κ1) is 27.2. The number of benzene rings is 2. The predicted molar refractivity (Wildman–Crippen MR) is 134 cm³/mol. The Morgan fingerprint density at radius 3 is 2.17 bits per heavy atom. The number of rotatable bonds is 7. The molecule has 0 saturated heterocycles. The Kier molecular flexibility index (Phi) is 9.47. The molecule has 36 heavy (non-hydrogen) atoms. The van der Waals surface area contributed by atoms with Gasteiger partial charge in [-0.3, -0.25) is 20.4 Å². The summed E-state index contributed by atoms with van der Waals surface area (Å²) in [4.78, 5) is 49.9. The molecule has 0 unspecified atom stereocenters. The molecule has 8 nitrogen and oxygen atoms in total. The lowest BCUT2D eigenvalue weighted by molar-refractivity contribution is -0.125. The lowest BCUT2D eigenvalue weighted by atomic mass is 9.75. The summed E-state index contributed by atoms with van der Waals surface area (Å²) in [5.74, 6) is -1.75. The fourth-order valence-electron chi connectivity index (χ4n) is 4.37. The molecule has 3 rings (SSSR count). The summed E-state index contributed by atoms with van der Waals surface area (Å²) >= 11 is 5.96. The van der Waals surface area contributed by atoms with Crippen LogP contribution in [0, 0.1) is 17.8 Å². The van der Waals surface area contributed by atoms with Gasteiger partial charge in [0.2, 0.25) is 0 Å². The number of hydrazine groups is 1. The van der Waals surface area contributed by atoms with E-state index in [1.165, 1.54) is 18.2 Å². The zero-order valence-corrected chi connectivity index (χ0v) is 21.3. The zero-order valence-electron chi connectivity index (χ0n) is 20.6. The summed E-state index contributed by atoms with van der Waals surface area (Å²) < 4.78 is 10.9. The number of hydrogen-bond donors (Lipinski definition) is 2. The van der Waals surface area contributed by atoms with Crippen molar-refractivity contribution < 1.29 is 28.7 Å². The molecule has 192 valence electrons. The first-order chi connectivity index (χ1) is 17.2. The van der Waals surface area contributed by atoms with Gasteiger partial charge in [0.15, 0.2) is 6.61 Å². The Morgan fingerprint density at radius 1 is 0.917 bits per heavy atom. The van der Waals surface area contributed by atoms with Crippen LogP contribution in [-0.4, -0.2) is 36.5 Å². The lowest BCUT2D eigenvalue weighted by Gasteiger charge is -2.36. The summed E-state index contributed by atoms with van der Waals surface area (Å²) in [6.45, 7) is 5.72. The second-order valence-corrected chi connectivity index (χ2v) is 9.78. The van der Waals surface area contributed by atoms with Crippen molar-refractivity contribution in [3.8, 4) is 0 Å². The van der Waals surface area contributed by atoms with Crippen molar-refractivity contribution in [2.75, 3.05) is 6.61 Å². The van der Waals surface area contributed by atoms with E-state index in [-0.39, 0.29) is 33.7 Å². The SMILES string of the molecule is CC(C)[C@H]1CC[C@@H](C)C[C@H]1OC(=O)c1ccccc1C(=O)OCC(=O)NNC(=O)c1ccccc1Cl. The minimum atomic E-state index is -0.854. The molecule has 0 radical (unpaired) electrons. The number of hydrogen-bond acceptors (Lipinski definition) is 6. The summed E-state index contributed by atoms with van der Waals surface area (Å²) in [5, 5.41) is 0.224. The molecule has 0 spiro atoms. The molecular weight excluding hydrogens is 484 g/mol. The molecule has 1 aliphatic carbocycles. The number of esters is 2. The molecule has 0 bridgehead atoms. The van der Waals surface area contributed by atoms with Gasteiger partial charge in [0, 0.05) is 0 Å². The van der Waals surface area contributed by atoms with Gasteiger partial charge in [0.1, 0.15) is 6.10 Å². The van der Waals surface area contributed by atoms with E-state index in [4.69, 9.17) is 21.1 Å². The normalized spacial score (nSPS) is 19.3. The third-order valence-electron chi connectivity index (χ3n) is 6.35. The number of ether oxygens (including phenoxy) is 2. The molecule has 1 saturated carbocycles. The van der Waals surface area contributed by atoms with Crippen molar-refractivity contribution in [1.29, 1.82) is 0 Å². The fourth-order valence-corrected chi connectivity index (χ4v) is 4.60. The van der Waals surface area contributed by atoms with Crippen molar-refractivity contribution in [3.05, 3.63) is 70.2 Å². The second kappa shape index (κ2) is 12.5. The van der Waals surface area contributed by atoms with Crippen LogP contribution >= 0.6 is 11.6 Å². The van der Waals surface area contributed by atoms with Gasteiger partial charge >= 0.3 is 11.9 Å². The monoisotopic (exact) mass is 514 g/mol. The van der Waals surface area contributed by atoms with E-state index < -0.39 is 30.4 Å². The van der Waals surface area contributed by atoms with Crippen molar-refractivity contribution >= 4 is 35.4 Å². The van der Waals surface area contributed by atoms with Crippen LogP contribution in [0.3, 0.4) is 0 Å². The van der Waals surface area contributed by atoms with Crippen LogP contribution < -0.4 is 10.9 Å². The van der Waals surface area contributed by atoms with Crippen LogP contribution in [-0.2, 0) is 14.3 Å². The minimum Gasteiger partial charge on any atom is -0.458 e. The van der Waals surface area contributed by atoms with Gasteiger partial charge in [0.25, 0.3) is 11.8 Å². The van der Waals surface area contributed by atoms with Gasteiger partial charge in [-0.2, -0.15) is 0 Å². The number of amides is 2. The van der Waals surface area contributed by atoms with Crippen molar-refractivity contribution in [2.24, 2.45) is 17.8 Å². The summed E-state index contributed by atoms with van der Waals surface area (Å²) in [6, 6.07) is 12.5. The van der Waals surface area contributed by atoms with Crippen LogP contribution in [0.5, 0.6) is 0 Å². The summed E-state index contributed by atoms with van der Waals surface area (Å²) in [7, 11) is 0. The maximum Gasteiger partial charge on any atom is 0.339 e. The molecule has 1 fully saturated rings. The highest BCUT2D eigenvalue weighted by atomic mass is 35.5. The average Bonchev–Trinajstić information content (AvgIpc) is 2.86. The van der Waals surface area contributed by atoms with E-state index in [0.29, 0.717) is 11.8 Å². The van der Waals surface area contributed by atoms with Gasteiger partial charge in [-0.15, -0.1) is 0 Å². The molecule has 1 aliphatic rings. The number of nitrogens with one attached hydrogen (secondary N) is 2. The Balaban J connectivity index is 1.58. The van der Waals surface area contributed by atoms with E-state index in [0.717, 1.165) is 19.3 Å². The molecule has 2 aromatic carbocycles. The molecule has 9 heteroatoms. The van der Waals surface area contributed by atoms with Gasteiger partial charge in [-0.05, 0) is 54.9 Å². The van der Waals surface area contributed by atoms with Gasteiger partial charge in [0.05, 0.1) is 21.7 Å². The molecule has 2 N–H and O–H groups in total. The topological polar surface area (TPSA) is 111 Å². The Morgan fingerprint density at radius 2 is 1.53 bits per heavy atom. The third kappa shape index (κ3) is 7.07. The quantitative estimate of drug-likeness (QED) is 0.413. The van der Waals surface area contributed by atoms with Crippen LogP contribution in [0.1, 0.15) is 71.1 Å². The van der Waals surface area contributed by atoms with Gasteiger partial charge in [-0.1, -0.05) is 63.1 Å². The first-order valence-electron chi connectivity index (χ1n) is 12.0. The highest BCUT2D eigenvalue weighted by Crippen LogP contribution is 2.35. The van der Waals surface area contributed by atoms with Crippen LogP contribution in [0.15, 0.2) is 48.5 Å². The van der Waals surface area contributed by atoms with Crippen LogP contribution in [0.25, 0.3) is 0 Å². The molecule has 2 amide bonds. The molecule has 0 aliphatic heterocycles. The second-order valence-electron chi connectivity index (χ2n) is 9.37. The molecule has 3 atom stereocenters.